The Balaban J connectivity index is 1.51. The fourth-order valence-corrected chi connectivity index (χ4v) is 3.39. The first-order valence-electron chi connectivity index (χ1n) is 6.81. The van der Waals surface area contributed by atoms with Gasteiger partial charge in [-0.25, -0.2) is 4.98 Å². The van der Waals surface area contributed by atoms with Gasteiger partial charge in [0.05, 0.1) is 16.5 Å². The molecule has 2 N–H and O–H groups in total. The number of carbonyl (C=O) groups is 1. The van der Waals surface area contributed by atoms with Gasteiger partial charge >= 0.3 is 0 Å². The molecule has 0 spiro atoms. The van der Waals surface area contributed by atoms with Gasteiger partial charge in [-0.2, -0.15) is 0 Å². The SMILES string of the molecule is O=C(CSc1n[nH]c(Cc2cccs2)n1)Nc1ccccc1Cl. The van der Waals surface area contributed by atoms with E-state index in [9.17, 15) is 4.79 Å². The monoisotopic (exact) mass is 364 g/mol. The van der Waals surface area contributed by atoms with Crippen LogP contribution in [0.15, 0.2) is 46.9 Å². The molecular weight excluding hydrogens is 352 g/mol. The van der Waals surface area contributed by atoms with Crippen LogP contribution in [0.25, 0.3) is 0 Å². The Hall–Kier alpha value is -1.83. The first-order chi connectivity index (χ1) is 11.2. The van der Waals surface area contributed by atoms with E-state index >= 15 is 0 Å². The van der Waals surface area contributed by atoms with Crippen molar-refractivity contribution < 1.29 is 4.79 Å². The van der Waals surface area contributed by atoms with Crippen molar-refractivity contribution in [2.75, 3.05) is 11.1 Å². The van der Waals surface area contributed by atoms with E-state index in [1.165, 1.54) is 16.6 Å². The van der Waals surface area contributed by atoms with Gasteiger partial charge in [0.1, 0.15) is 5.82 Å². The molecule has 23 heavy (non-hydrogen) atoms. The molecule has 0 aliphatic carbocycles. The lowest BCUT2D eigenvalue weighted by Crippen LogP contribution is -2.14. The maximum absolute atomic E-state index is 11.9. The number of halogens is 1. The standard InChI is InChI=1S/C15H13ClN4OS2/c16-11-5-1-2-6-12(11)17-14(21)9-23-15-18-13(19-20-15)8-10-4-3-7-22-10/h1-7H,8-9H2,(H,17,21)(H,18,19,20). The van der Waals surface area contributed by atoms with Crippen LogP contribution in [0.3, 0.4) is 0 Å². The summed E-state index contributed by atoms with van der Waals surface area (Å²) in [5.74, 6) is 0.871. The third-order valence-corrected chi connectivity index (χ3v) is 4.97. The van der Waals surface area contributed by atoms with Crippen LogP contribution in [0, 0.1) is 0 Å². The van der Waals surface area contributed by atoms with Crippen molar-refractivity contribution >= 4 is 46.3 Å². The molecule has 2 heterocycles. The van der Waals surface area contributed by atoms with Crippen molar-refractivity contribution in [2.45, 2.75) is 11.6 Å². The smallest absolute Gasteiger partial charge is 0.234 e. The highest BCUT2D eigenvalue weighted by Gasteiger charge is 2.10. The molecule has 0 saturated carbocycles. The summed E-state index contributed by atoms with van der Waals surface area (Å²) in [4.78, 5) is 17.5. The summed E-state index contributed by atoms with van der Waals surface area (Å²) in [6, 6.07) is 11.2. The molecule has 0 atom stereocenters. The van der Waals surface area contributed by atoms with Gasteiger partial charge in [-0.1, -0.05) is 41.6 Å². The van der Waals surface area contributed by atoms with E-state index < -0.39 is 0 Å². The summed E-state index contributed by atoms with van der Waals surface area (Å²) < 4.78 is 0. The molecule has 0 radical (unpaired) electrons. The van der Waals surface area contributed by atoms with Crippen LogP contribution < -0.4 is 5.32 Å². The minimum absolute atomic E-state index is 0.146. The number of H-pyrrole nitrogens is 1. The minimum atomic E-state index is -0.146. The van der Waals surface area contributed by atoms with Crippen molar-refractivity contribution in [3.8, 4) is 0 Å². The van der Waals surface area contributed by atoms with Crippen LogP contribution in [-0.2, 0) is 11.2 Å². The van der Waals surface area contributed by atoms with Crippen molar-refractivity contribution in [2.24, 2.45) is 0 Å². The summed E-state index contributed by atoms with van der Waals surface area (Å²) in [7, 11) is 0. The zero-order chi connectivity index (χ0) is 16.1. The number of anilines is 1. The number of hydrogen-bond acceptors (Lipinski definition) is 5. The zero-order valence-corrected chi connectivity index (χ0v) is 14.3. The topological polar surface area (TPSA) is 70.7 Å². The number of carbonyl (C=O) groups excluding carboxylic acids is 1. The molecule has 0 aliphatic heterocycles. The molecule has 5 nitrogen and oxygen atoms in total. The average molecular weight is 365 g/mol. The van der Waals surface area contributed by atoms with Crippen LogP contribution in [0.2, 0.25) is 5.02 Å². The highest BCUT2D eigenvalue weighted by molar-refractivity contribution is 7.99. The molecule has 118 valence electrons. The second-order valence-electron chi connectivity index (χ2n) is 4.64. The van der Waals surface area contributed by atoms with Gasteiger partial charge in [0.15, 0.2) is 0 Å². The predicted molar refractivity (Wildman–Crippen MR) is 94.3 cm³/mol. The number of nitrogens with zero attached hydrogens (tertiary/aromatic N) is 2. The van der Waals surface area contributed by atoms with Gasteiger partial charge in [0.25, 0.3) is 0 Å². The van der Waals surface area contributed by atoms with Gasteiger partial charge in [0.2, 0.25) is 11.1 Å². The maximum atomic E-state index is 11.9. The zero-order valence-electron chi connectivity index (χ0n) is 12.0. The van der Waals surface area contributed by atoms with E-state index in [1.54, 1.807) is 23.5 Å². The van der Waals surface area contributed by atoms with Crippen molar-refractivity contribution in [3.63, 3.8) is 0 Å². The number of thioether (sulfide) groups is 1. The fraction of sp³-hybridized carbons (Fsp3) is 0.133. The fourth-order valence-electron chi connectivity index (χ4n) is 1.88. The number of rotatable bonds is 6. The lowest BCUT2D eigenvalue weighted by atomic mass is 10.3. The summed E-state index contributed by atoms with van der Waals surface area (Å²) >= 11 is 8.96. The van der Waals surface area contributed by atoms with Gasteiger partial charge in [-0.3, -0.25) is 9.89 Å². The van der Waals surface area contributed by atoms with Gasteiger partial charge in [0, 0.05) is 11.3 Å². The van der Waals surface area contributed by atoms with Gasteiger partial charge in [-0.15, -0.1) is 16.4 Å². The Labute approximate surface area is 146 Å². The Morgan fingerprint density at radius 1 is 1.30 bits per heavy atom. The molecule has 3 aromatic rings. The Bertz CT molecular complexity index is 788. The van der Waals surface area contributed by atoms with E-state index in [1.807, 2.05) is 23.6 Å². The molecule has 0 aliphatic rings. The number of aromatic amines is 1. The van der Waals surface area contributed by atoms with Crippen LogP contribution in [0.4, 0.5) is 5.69 Å². The van der Waals surface area contributed by atoms with Gasteiger partial charge < -0.3 is 5.32 Å². The number of para-hydroxylation sites is 1. The lowest BCUT2D eigenvalue weighted by molar-refractivity contribution is -0.113. The normalized spacial score (nSPS) is 10.7. The van der Waals surface area contributed by atoms with Crippen molar-refractivity contribution in [1.29, 1.82) is 0 Å². The first kappa shape index (κ1) is 16.0. The second-order valence-corrected chi connectivity index (χ2v) is 7.02. The van der Waals surface area contributed by atoms with Crippen LogP contribution in [-0.4, -0.2) is 26.8 Å². The molecule has 8 heteroatoms. The van der Waals surface area contributed by atoms with Gasteiger partial charge in [-0.05, 0) is 23.6 Å². The second kappa shape index (κ2) is 7.63. The largest absolute Gasteiger partial charge is 0.324 e. The van der Waals surface area contributed by atoms with E-state index in [-0.39, 0.29) is 11.7 Å². The van der Waals surface area contributed by atoms with E-state index in [0.29, 0.717) is 15.9 Å². The Kier molecular flexibility index (Phi) is 5.32. The first-order valence-corrected chi connectivity index (χ1v) is 9.06. The summed E-state index contributed by atoms with van der Waals surface area (Å²) in [6.45, 7) is 0. The Morgan fingerprint density at radius 2 is 2.17 bits per heavy atom. The van der Waals surface area contributed by atoms with Crippen molar-refractivity contribution in [3.05, 3.63) is 57.5 Å². The number of hydrogen-bond donors (Lipinski definition) is 2. The molecular formula is C15H13ClN4OS2. The van der Waals surface area contributed by atoms with Crippen molar-refractivity contribution in [1.82, 2.24) is 15.2 Å². The predicted octanol–water partition coefficient (Wildman–Crippen LogP) is 3.84. The molecule has 2 aromatic heterocycles. The summed E-state index contributed by atoms with van der Waals surface area (Å²) in [6.07, 6.45) is 0.719. The van der Waals surface area contributed by atoms with Crippen LogP contribution >= 0.6 is 34.7 Å². The lowest BCUT2D eigenvalue weighted by Gasteiger charge is -2.05. The van der Waals surface area contributed by atoms with Crippen LogP contribution in [0.5, 0.6) is 0 Å². The molecule has 0 fully saturated rings. The quantitative estimate of drug-likeness (QED) is 0.652. The number of amides is 1. The number of benzene rings is 1. The van der Waals surface area contributed by atoms with E-state index in [4.69, 9.17) is 11.6 Å². The van der Waals surface area contributed by atoms with E-state index in [0.717, 1.165) is 12.2 Å². The Morgan fingerprint density at radius 3 is 2.96 bits per heavy atom. The molecule has 0 unspecified atom stereocenters. The summed E-state index contributed by atoms with van der Waals surface area (Å²) in [5, 5.41) is 12.9. The van der Waals surface area contributed by atoms with E-state index in [2.05, 4.69) is 26.6 Å². The molecule has 1 aromatic carbocycles. The molecule has 0 saturated heterocycles. The minimum Gasteiger partial charge on any atom is -0.324 e. The summed E-state index contributed by atoms with van der Waals surface area (Å²) in [5.41, 5.74) is 0.605. The highest BCUT2D eigenvalue weighted by atomic mass is 35.5. The average Bonchev–Trinajstić information content (AvgIpc) is 3.20. The highest BCUT2D eigenvalue weighted by Crippen LogP contribution is 2.21. The molecule has 3 rings (SSSR count). The third kappa shape index (κ3) is 4.57. The number of nitrogens with one attached hydrogen (secondary N) is 2. The molecule has 1 amide bonds. The third-order valence-electron chi connectivity index (χ3n) is 2.91. The molecule has 0 bridgehead atoms. The maximum Gasteiger partial charge on any atom is 0.234 e. The number of aromatic nitrogens is 3. The number of thiophene rings is 1. The van der Waals surface area contributed by atoms with Crippen LogP contribution in [0.1, 0.15) is 10.7 Å².